The molecule has 1 saturated heterocycles. The van der Waals surface area contributed by atoms with Crippen LogP contribution in [-0.2, 0) is 22.4 Å². The molecule has 1 aliphatic heterocycles. The second-order valence-electron chi connectivity index (χ2n) is 5.49. The lowest BCUT2D eigenvalue weighted by Gasteiger charge is -2.19. The molecular formula is C18H16ClNO3. The molecule has 0 aromatic heterocycles. The van der Waals surface area contributed by atoms with Crippen LogP contribution in [0.2, 0.25) is 5.02 Å². The Balaban J connectivity index is 1.71. The number of cyclic esters (lactones) is 1. The lowest BCUT2D eigenvalue weighted by Crippen LogP contribution is -2.41. The predicted molar refractivity (Wildman–Crippen MR) is 87.3 cm³/mol. The normalized spacial score (nSPS) is 17.2. The number of amides is 2. The van der Waals surface area contributed by atoms with E-state index in [0.29, 0.717) is 11.4 Å². The molecule has 1 heterocycles. The maximum atomic E-state index is 12.5. The maximum absolute atomic E-state index is 12.5. The third-order valence-electron chi connectivity index (χ3n) is 3.81. The van der Waals surface area contributed by atoms with Gasteiger partial charge < -0.3 is 4.74 Å². The van der Waals surface area contributed by atoms with Gasteiger partial charge in [-0.25, -0.2) is 9.69 Å². The van der Waals surface area contributed by atoms with Crippen LogP contribution in [0.4, 0.5) is 4.79 Å². The minimum absolute atomic E-state index is 0.150. The van der Waals surface area contributed by atoms with Gasteiger partial charge in [0.15, 0.2) is 0 Å². The highest BCUT2D eigenvalue weighted by Gasteiger charge is 2.37. The first kappa shape index (κ1) is 15.6. The van der Waals surface area contributed by atoms with Gasteiger partial charge in [0.1, 0.15) is 6.61 Å². The van der Waals surface area contributed by atoms with Gasteiger partial charge in [-0.3, -0.25) is 4.79 Å². The van der Waals surface area contributed by atoms with Crippen LogP contribution in [0.25, 0.3) is 0 Å². The van der Waals surface area contributed by atoms with Crippen LogP contribution in [0, 0.1) is 0 Å². The first-order valence-electron chi connectivity index (χ1n) is 7.40. The van der Waals surface area contributed by atoms with Crippen molar-refractivity contribution in [2.75, 3.05) is 6.61 Å². The standard InChI is InChI=1S/C18H16ClNO3/c19-15-8-6-14(7-9-15)11-17(21)20-16(12-23-18(20)22)10-13-4-2-1-3-5-13/h1-9,16H,10-12H2/t16-/m0/s1. The quantitative estimate of drug-likeness (QED) is 0.862. The molecule has 5 heteroatoms. The van der Waals surface area contributed by atoms with Crippen molar-refractivity contribution in [1.82, 2.24) is 4.90 Å². The summed E-state index contributed by atoms with van der Waals surface area (Å²) in [5, 5.41) is 0.615. The molecule has 0 saturated carbocycles. The Morgan fingerprint density at radius 2 is 1.78 bits per heavy atom. The highest BCUT2D eigenvalue weighted by atomic mass is 35.5. The highest BCUT2D eigenvalue weighted by Crippen LogP contribution is 2.19. The van der Waals surface area contributed by atoms with E-state index < -0.39 is 6.09 Å². The van der Waals surface area contributed by atoms with E-state index in [2.05, 4.69) is 0 Å². The van der Waals surface area contributed by atoms with E-state index in [1.165, 1.54) is 4.90 Å². The van der Waals surface area contributed by atoms with Gasteiger partial charge in [-0.15, -0.1) is 0 Å². The van der Waals surface area contributed by atoms with Crippen LogP contribution < -0.4 is 0 Å². The summed E-state index contributed by atoms with van der Waals surface area (Å²) in [7, 11) is 0. The number of imide groups is 1. The van der Waals surface area contributed by atoms with Crippen LogP contribution in [0.5, 0.6) is 0 Å². The van der Waals surface area contributed by atoms with Crippen molar-refractivity contribution < 1.29 is 14.3 Å². The molecule has 0 unspecified atom stereocenters. The second kappa shape index (κ2) is 6.84. The molecule has 3 rings (SSSR count). The summed E-state index contributed by atoms with van der Waals surface area (Å²) >= 11 is 5.84. The molecule has 2 aromatic rings. The number of carbonyl (C=O) groups is 2. The molecule has 4 nitrogen and oxygen atoms in total. The van der Waals surface area contributed by atoms with E-state index in [-0.39, 0.29) is 25.0 Å². The fraction of sp³-hybridized carbons (Fsp3) is 0.222. The van der Waals surface area contributed by atoms with Crippen molar-refractivity contribution >= 4 is 23.6 Å². The van der Waals surface area contributed by atoms with E-state index in [0.717, 1.165) is 11.1 Å². The van der Waals surface area contributed by atoms with Crippen LogP contribution in [0.15, 0.2) is 54.6 Å². The molecular weight excluding hydrogens is 314 g/mol. The Kier molecular flexibility index (Phi) is 4.63. The van der Waals surface area contributed by atoms with Crippen molar-refractivity contribution in [3.8, 4) is 0 Å². The van der Waals surface area contributed by atoms with Gasteiger partial charge in [-0.05, 0) is 29.7 Å². The largest absolute Gasteiger partial charge is 0.447 e. The zero-order valence-electron chi connectivity index (χ0n) is 12.4. The Morgan fingerprint density at radius 1 is 1.09 bits per heavy atom. The number of benzene rings is 2. The van der Waals surface area contributed by atoms with Crippen molar-refractivity contribution in [1.29, 1.82) is 0 Å². The van der Waals surface area contributed by atoms with Gasteiger partial charge >= 0.3 is 6.09 Å². The summed E-state index contributed by atoms with van der Waals surface area (Å²) in [6.45, 7) is 0.236. The summed E-state index contributed by atoms with van der Waals surface area (Å²) in [6, 6.07) is 16.5. The third kappa shape index (κ3) is 3.71. The van der Waals surface area contributed by atoms with Crippen molar-refractivity contribution in [3.05, 3.63) is 70.7 Å². The average Bonchev–Trinajstić information content (AvgIpc) is 2.91. The van der Waals surface area contributed by atoms with Crippen LogP contribution in [0.1, 0.15) is 11.1 Å². The minimum atomic E-state index is -0.565. The van der Waals surface area contributed by atoms with Gasteiger partial charge in [0.05, 0.1) is 12.5 Å². The smallest absolute Gasteiger partial charge is 0.416 e. The molecule has 1 atom stereocenters. The van der Waals surface area contributed by atoms with Crippen LogP contribution in [-0.4, -0.2) is 29.5 Å². The fourth-order valence-corrected chi connectivity index (χ4v) is 2.79. The van der Waals surface area contributed by atoms with E-state index in [4.69, 9.17) is 16.3 Å². The molecule has 118 valence electrons. The molecule has 1 aliphatic rings. The zero-order chi connectivity index (χ0) is 16.2. The number of ether oxygens (including phenoxy) is 1. The van der Waals surface area contributed by atoms with Gasteiger partial charge in [-0.2, -0.15) is 0 Å². The molecule has 0 N–H and O–H groups in total. The summed E-state index contributed by atoms with van der Waals surface area (Å²) < 4.78 is 5.07. The van der Waals surface area contributed by atoms with E-state index in [9.17, 15) is 9.59 Å². The molecule has 0 radical (unpaired) electrons. The Hall–Kier alpha value is -2.33. The monoisotopic (exact) mass is 329 g/mol. The maximum Gasteiger partial charge on any atom is 0.416 e. The van der Waals surface area contributed by atoms with E-state index in [1.54, 1.807) is 24.3 Å². The minimum Gasteiger partial charge on any atom is -0.447 e. The topological polar surface area (TPSA) is 46.6 Å². The molecule has 0 bridgehead atoms. The zero-order valence-corrected chi connectivity index (χ0v) is 13.2. The lowest BCUT2D eigenvalue weighted by atomic mass is 10.0. The predicted octanol–water partition coefficient (Wildman–Crippen LogP) is 3.47. The van der Waals surface area contributed by atoms with Crippen molar-refractivity contribution in [2.45, 2.75) is 18.9 Å². The highest BCUT2D eigenvalue weighted by molar-refractivity contribution is 6.30. The number of halogens is 1. The Labute approximate surface area is 139 Å². The molecule has 23 heavy (non-hydrogen) atoms. The number of rotatable bonds is 4. The first-order chi connectivity index (χ1) is 11.1. The first-order valence-corrected chi connectivity index (χ1v) is 7.78. The molecule has 1 fully saturated rings. The lowest BCUT2D eigenvalue weighted by molar-refractivity contribution is -0.128. The summed E-state index contributed by atoms with van der Waals surface area (Å²) in [6.07, 6.45) is 0.182. The number of hydrogen-bond donors (Lipinski definition) is 0. The number of carbonyl (C=O) groups excluding carboxylic acids is 2. The van der Waals surface area contributed by atoms with Gasteiger partial charge in [0.2, 0.25) is 5.91 Å². The van der Waals surface area contributed by atoms with Crippen molar-refractivity contribution in [3.63, 3.8) is 0 Å². The van der Waals surface area contributed by atoms with Crippen molar-refractivity contribution in [2.24, 2.45) is 0 Å². The van der Waals surface area contributed by atoms with Gasteiger partial charge in [0.25, 0.3) is 0 Å². The van der Waals surface area contributed by atoms with Gasteiger partial charge in [0, 0.05) is 5.02 Å². The fourth-order valence-electron chi connectivity index (χ4n) is 2.66. The second-order valence-corrected chi connectivity index (χ2v) is 5.92. The van der Waals surface area contributed by atoms with Gasteiger partial charge in [-0.1, -0.05) is 54.1 Å². The van der Waals surface area contributed by atoms with E-state index in [1.807, 2.05) is 30.3 Å². The number of hydrogen-bond acceptors (Lipinski definition) is 3. The Bertz CT molecular complexity index is 700. The Morgan fingerprint density at radius 3 is 2.48 bits per heavy atom. The SMILES string of the molecule is O=C(Cc1ccc(Cl)cc1)N1C(=O)OC[C@@H]1Cc1ccccc1. The molecule has 2 aromatic carbocycles. The summed E-state index contributed by atoms with van der Waals surface area (Å²) in [5.41, 5.74) is 1.89. The summed E-state index contributed by atoms with van der Waals surface area (Å²) in [4.78, 5) is 25.7. The van der Waals surface area contributed by atoms with Crippen LogP contribution in [0.3, 0.4) is 0 Å². The molecule has 2 amide bonds. The molecule has 0 spiro atoms. The third-order valence-corrected chi connectivity index (χ3v) is 4.06. The molecule has 0 aliphatic carbocycles. The average molecular weight is 330 g/mol. The number of nitrogens with zero attached hydrogens (tertiary/aromatic N) is 1. The van der Waals surface area contributed by atoms with Crippen LogP contribution >= 0.6 is 11.6 Å². The summed E-state index contributed by atoms with van der Waals surface area (Å²) in [5.74, 6) is -0.254. The van der Waals surface area contributed by atoms with E-state index >= 15 is 0 Å².